The maximum atomic E-state index is 11.8. The predicted octanol–water partition coefficient (Wildman–Crippen LogP) is 5.71. The molecule has 0 unspecified atom stereocenters. The molecule has 2 fully saturated rings. The molecule has 1 aromatic heterocycles. The zero-order chi connectivity index (χ0) is 28.2. The summed E-state index contributed by atoms with van der Waals surface area (Å²) < 4.78 is 0. The number of amides is 1. The van der Waals surface area contributed by atoms with Crippen molar-refractivity contribution in [1.82, 2.24) is 19.8 Å². The van der Waals surface area contributed by atoms with Gasteiger partial charge >= 0.3 is 0 Å². The Morgan fingerprint density at radius 3 is 2.60 bits per heavy atom. The van der Waals surface area contributed by atoms with Crippen LogP contribution in [0.25, 0.3) is 5.57 Å². The predicted molar refractivity (Wildman–Crippen MR) is 161 cm³/mol. The van der Waals surface area contributed by atoms with Gasteiger partial charge in [0.1, 0.15) is 6.61 Å². The van der Waals surface area contributed by atoms with Crippen molar-refractivity contribution in [3.8, 4) is 0 Å². The summed E-state index contributed by atoms with van der Waals surface area (Å²) in [5.74, 6) is 0.919. The van der Waals surface area contributed by atoms with Crippen molar-refractivity contribution >= 4 is 34.7 Å². The second kappa shape index (κ2) is 12.5. The second-order valence-electron chi connectivity index (χ2n) is 10.8. The van der Waals surface area contributed by atoms with Gasteiger partial charge < -0.3 is 15.3 Å². The molecule has 1 saturated heterocycles. The standard InChI is InChI=1S/C32H38ClN5O2/c1-4-23-14-21(3)6-9-28(23)27(5-2)31-29(33)18-34-32(36-31)35-26-16-22(15-25(17-26)24-7-8-24)19-37-10-12-38(13-11-37)30(40)20-39/h5-6,9,14-18,24,39H,4,7-8,10-13,19-20H2,1-3H3,(H,34,35,36)/b27-5+. The zero-order valence-corrected chi connectivity index (χ0v) is 24.3. The SMILES string of the molecule is C/C=C(\c1ccc(C)cc1CC)c1nc(Nc2cc(CN3CCN(C(=O)CO)CC3)cc(C3CC3)c2)ncc1Cl. The van der Waals surface area contributed by atoms with Gasteiger partial charge in [-0.25, -0.2) is 9.97 Å². The van der Waals surface area contributed by atoms with Crippen LogP contribution in [0.5, 0.6) is 0 Å². The molecule has 5 rings (SSSR count). The molecule has 2 N–H and O–H groups in total. The summed E-state index contributed by atoms with van der Waals surface area (Å²) in [6.45, 7) is 9.54. The first-order valence-corrected chi connectivity index (χ1v) is 14.6. The number of hydrogen-bond donors (Lipinski definition) is 2. The van der Waals surface area contributed by atoms with E-state index in [0.29, 0.717) is 35.7 Å². The molecule has 3 aromatic rings. The first-order chi connectivity index (χ1) is 19.4. The number of anilines is 2. The van der Waals surface area contributed by atoms with Gasteiger partial charge in [-0.2, -0.15) is 0 Å². The van der Waals surface area contributed by atoms with E-state index in [-0.39, 0.29) is 5.91 Å². The largest absolute Gasteiger partial charge is 0.387 e. The van der Waals surface area contributed by atoms with E-state index < -0.39 is 6.61 Å². The smallest absolute Gasteiger partial charge is 0.248 e. The van der Waals surface area contributed by atoms with E-state index in [1.807, 2.05) is 6.92 Å². The fourth-order valence-electron chi connectivity index (χ4n) is 5.49. The van der Waals surface area contributed by atoms with Crippen molar-refractivity contribution in [2.24, 2.45) is 0 Å². The number of aryl methyl sites for hydroxylation is 2. The summed E-state index contributed by atoms with van der Waals surface area (Å²) in [6, 6.07) is 13.2. The van der Waals surface area contributed by atoms with Crippen LogP contribution in [0.2, 0.25) is 5.02 Å². The third kappa shape index (κ3) is 6.54. The van der Waals surface area contributed by atoms with Gasteiger partial charge in [-0.3, -0.25) is 9.69 Å². The zero-order valence-electron chi connectivity index (χ0n) is 23.6. The van der Waals surface area contributed by atoms with Crippen molar-refractivity contribution in [3.63, 3.8) is 0 Å². The Balaban J connectivity index is 1.38. The highest BCUT2D eigenvalue weighted by molar-refractivity contribution is 6.32. The maximum Gasteiger partial charge on any atom is 0.248 e. The van der Waals surface area contributed by atoms with Crippen LogP contribution in [-0.2, 0) is 17.8 Å². The average Bonchev–Trinajstić information content (AvgIpc) is 3.81. The van der Waals surface area contributed by atoms with Crippen LogP contribution in [0.1, 0.15) is 66.1 Å². The Morgan fingerprint density at radius 2 is 1.93 bits per heavy atom. The Morgan fingerprint density at radius 1 is 1.15 bits per heavy atom. The summed E-state index contributed by atoms with van der Waals surface area (Å²) in [4.78, 5) is 25.3. The molecule has 0 bridgehead atoms. The number of nitrogens with zero attached hydrogens (tertiary/aromatic N) is 4. The summed E-state index contributed by atoms with van der Waals surface area (Å²) in [7, 11) is 0. The Bertz CT molecular complexity index is 1410. The second-order valence-corrected chi connectivity index (χ2v) is 11.2. The monoisotopic (exact) mass is 559 g/mol. The van der Waals surface area contributed by atoms with E-state index >= 15 is 0 Å². The minimum Gasteiger partial charge on any atom is -0.387 e. The Kier molecular flexibility index (Phi) is 8.84. The van der Waals surface area contributed by atoms with Crippen LogP contribution in [0.15, 0.2) is 48.7 Å². The first kappa shape index (κ1) is 28.3. The van der Waals surface area contributed by atoms with Crippen LogP contribution >= 0.6 is 11.6 Å². The lowest BCUT2D eigenvalue weighted by Crippen LogP contribution is -2.49. The fourth-order valence-corrected chi connectivity index (χ4v) is 5.68. The maximum absolute atomic E-state index is 11.8. The average molecular weight is 560 g/mol. The third-order valence-electron chi connectivity index (χ3n) is 7.81. The molecule has 7 nitrogen and oxygen atoms in total. The van der Waals surface area contributed by atoms with E-state index in [0.717, 1.165) is 42.9 Å². The number of piperazine rings is 1. The number of benzene rings is 2. The van der Waals surface area contributed by atoms with Crippen molar-refractivity contribution in [3.05, 3.63) is 87.2 Å². The third-order valence-corrected chi connectivity index (χ3v) is 8.08. The van der Waals surface area contributed by atoms with Gasteiger partial charge in [-0.15, -0.1) is 0 Å². The van der Waals surface area contributed by atoms with Gasteiger partial charge in [-0.1, -0.05) is 54.4 Å². The highest BCUT2D eigenvalue weighted by atomic mass is 35.5. The van der Waals surface area contributed by atoms with Crippen molar-refractivity contribution in [2.45, 2.75) is 52.5 Å². The molecule has 8 heteroatoms. The highest BCUT2D eigenvalue weighted by Gasteiger charge is 2.26. The van der Waals surface area contributed by atoms with E-state index in [4.69, 9.17) is 21.7 Å². The van der Waals surface area contributed by atoms with Gasteiger partial charge in [-0.05, 0) is 73.4 Å². The Labute approximate surface area is 241 Å². The van der Waals surface area contributed by atoms with Crippen molar-refractivity contribution in [2.75, 3.05) is 38.1 Å². The number of hydrogen-bond acceptors (Lipinski definition) is 6. The van der Waals surface area contributed by atoms with Crippen LogP contribution in [0.4, 0.5) is 11.6 Å². The minimum atomic E-state index is -0.423. The van der Waals surface area contributed by atoms with Crippen LogP contribution < -0.4 is 5.32 Å². The molecule has 2 heterocycles. The van der Waals surface area contributed by atoms with Gasteiger partial charge in [0.05, 0.1) is 16.9 Å². The topological polar surface area (TPSA) is 81.6 Å². The molecule has 0 spiro atoms. The fraction of sp³-hybridized carbons (Fsp3) is 0.406. The van der Waals surface area contributed by atoms with E-state index in [1.54, 1.807) is 11.1 Å². The molecule has 1 aliphatic carbocycles. The minimum absolute atomic E-state index is 0.196. The summed E-state index contributed by atoms with van der Waals surface area (Å²) in [5, 5.41) is 13.1. The summed E-state index contributed by atoms with van der Waals surface area (Å²) in [5.41, 5.74) is 8.88. The molecule has 1 amide bonds. The molecular weight excluding hydrogens is 522 g/mol. The number of carbonyl (C=O) groups excluding carboxylic acids is 1. The normalized spacial score (nSPS) is 16.3. The van der Waals surface area contributed by atoms with Gasteiger partial charge in [0.15, 0.2) is 0 Å². The van der Waals surface area contributed by atoms with Gasteiger partial charge in [0, 0.05) is 44.0 Å². The number of halogens is 1. The summed E-state index contributed by atoms with van der Waals surface area (Å²) in [6.07, 6.45) is 7.10. The molecule has 2 aliphatic rings. The lowest BCUT2D eigenvalue weighted by Gasteiger charge is -2.34. The van der Waals surface area contributed by atoms with Crippen LogP contribution in [-0.4, -0.2) is 63.6 Å². The number of carbonyl (C=O) groups is 1. The van der Waals surface area contributed by atoms with Crippen molar-refractivity contribution < 1.29 is 9.90 Å². The number of nitrogens with one attached hydrogen (secondary N) is 1. The number of aliphatic hydroxyl groups excluding tert-OH is 1. The molecule has 0 radical (unpaired) electrons. The van der Waals surface area contributed by atoms with E-state index in [9.17, 15) is 4.79 Å². The highest BCUT2D eigenvalue weighted by Crippen LogP contribution is 2.41. The van der Waals surface area contributed by atoms with Crippen LogP contribution in [0.3, 0.4) is 0 Å². The number of allylic oxidation sites excluding steroid dienone is 1. The summed E-state index contributed by atoms with van der Waals surface area (Å²) >= 11 is 6.66. The lowest BCUT2D eigenvalue weighted by atomic mass is 9.94. The van der Waals surface area contributed by atoms with Gasteiger partial charge in [0.25, 0.3) is 0 Å². The van der Waals surface area contributed by atoms with E-state index in [1.165, 1.54) is 35.1 Å². The Hall–Kier alpha value is -3.26. The molecular formula is C32H38ClN5O2. The van der Waals surface area contributed by atoms with Crippen molar-refractivity contribution in [1.29, 1.82) is 0 Å². The molecule has 40 heavy (non-hydrogen) atoms. The quantitative estimate of drug-likeness (QED) is 0.349. The number of aromatic nitrogens is 2. The van der Waals surface area contributed by atoms with E-state index in [2.05, 4.69) is 71.5 Å². The molecule has 210 valence electrons. The van der Waals surface area contributed by atoms with Crippen LogP contribution in [0, 0.1) is 6.92 Å². The molecule has 1 aliphatic heterocycles. The lowest BCUT2D eigenvalue weighted by molar-refractivity contribution is -0.135. The molecule has 1 saturated carbocycles. The molecule has 0 atom stereocenters. The first-order valence-electron chi connectivity index (χ1n) is 14.2. The number of rotatable bonds is 9. The van der Waals surface area contributed by atoms with Gasteiger partial charge in [0.2, 0.25) is 11.9 Å². The molecule has 2 aromatic carbocycles. The number of aliphatic hydroxyl groups is 1.